The molecule has 0 amide bonds. The molecule has 5 aromatic rings. The van der Waals surface area contributed by atoms with E-state index in [0.717, 1.165) is 39.1 Å². The zero-order valence-corrected chi connectivity index (χ0v) is 16.5. The minimum atomic E-state index is 0.294. The van der Waals surface area contributed by atoms with Gasteiger partial charge in [0.25, 0.3) is 0 Å². The number of nitrogens with zero attached hydrogens (tertiary/aromatic N) is 1. The van der Waals surface area contributed by atoms with Gasteiger partial charge in [-0.15, -0.1) is 0 Å². The summed E-state index contributed by atoms with van der Waals surface area (Å²) in [5.41, 5.74) is 5.47. The molecular formula is C26H21NO2. The highest BCUT2D eigenvalue weighted by Gasteiger charge is 2.30. The lowest BCUT2D eigenvalue weighted by Crippen LogP contribution is -1.93. The third kappa shape index (κ3) is 2.40. The van der Waals surface area contributed by atoms with Crippen molar-refractivity contribution in [2.45, 2.75) is 26.2 Å². The SMILES string of the molecule is Cc1cccc2c1ccc1c3c(c4oc(Cc5ccccc5)nc4c12)[C@@H](C)CO3. The van der Waals surface area contributed by atoms with Gasteiger partial charge in [-0.05, 0) is 34.9 Å². The summed E-state index contributed by atoms with van der Waals surface area (Å²) >= 11 is 0. The molecule has 1 atom stereocenters. The first-order valence-electron chi connectivity index (χ1n) is 10.1. The van der Waals surface area contributed by atoms with E-state index in [2.05, 4.69) is 68.4 Å². The smallest absolute Gasteiger partial charge is 0.199 e. The van der Waals surface area contributed by atoms with Gasteiger partial charge in [0.05, 0.1) is 6.61 Å². The zero-order chi connectivity index (χ0) is 19.5. The van der Waals surface area contributed by atoms with Crippen LogP contribution in [-0.2, 0) is 6.42 Å². The highest BCUT2D eigenvalue weighted by atomic mass is 16.5. The Bertz CT molecular complexity index is 1400. The number of hydrogen-bond donors (Lipinski definition) is 0. The van der Waals surface area contributed by atoms with Gasteiger partial charge in [0, 0.05) is 28.7 Å². The van der Waals surface area contributed by atoms with Crippen LogP contribution >= 0.6 is 0 Å². The zero-order valence-electron chi connectivity index (χ0n) is 16.5. The third-order valence-electron chi connectivity index (χ3n) is 6.09. The lowest BCUT2D eigenvalue weighted by molar-refractivity contribution is 0.340. The normalized spacial score (nSPS) is 15.9. The van der Waals surface area contributed by atoms with Crippen molar-refractivity contribution >= 4 is 32.6 Å². The molecule has 0 fully saturated rings. The Morgan fingerprint density at radius 3 is 2.62 bits per heavy atom. The van der Waals surface area contributed by atoms with Crippen molar-refractivity contribution in [1.82, 2.24) is 4.98 Å². The average molecular weight is 379 g/mol. The molecule has 0 N–H and O–H groups in total. The molecule has 0 bridgehead atoms. The number of oxazole rings is 1. The lowest BCUT2D eigenvalue weighted by atomic mass is 9.93. The second kappa shape index (κ2) is 6.08. The highest BCUT2D eigenvalue weighted by Crippen LogP contribution is 2.47. The van der Waals surface area contributed by atoms with Crippen LogP contribution in [-0.4, -0.2) is 11.6 Å². The number of fused-ring (bicyclic) bond motifs is 8. The second-order valence-electron chi connectivity index (χ2n) is 8.06. The predicted octanol–water partition coefficient (Wildman–Crippen LogP) is 6.53. The second-order valence-corrected chi connectivity index (χ2v) is 8.06. The Morgan fingerprint density at radius 2 is 1.76 bits per heavy atom. The highest BCUT2D eigenvalue weighted by molar-refractivity contribution is 6.21. The quantitative estimate of drug-likeness (QED) is 0.327. The van der Waals surface area contributed by atoms with Gasteiger partial charge in [-0.2, -0.15) is 0 Å². The fraction of sp³-hybridized carbons (Fsp3) is 0.192. The first-order valence-corrected chi connectivity index (χ1v) is 10.1. The molecule has 1 aliphatic rings. The standard InChI is InChI=1S/C26H21NO2/c1-15-7-6-10-19-18(15)11-12-20-23(19)24-26(22-16(2)14-28-25(20)22)29-21(27-24)13-17-8-4-3-5-9-17/h3-12,16H,13-14H2,1-2H3/t16-/m0/s1. The van der Waals surface area contributed by atoms with Crippen molar-refractivity contribution < 1.29 is 9.15 Å². The van der Waals surface area contributed by atoms with Gasteiger partial charge < -0.3 is 9.15 Å². The van der Waals surface area contributed by atoms with Gasteiger partial charge in [-0.1, -0.05) is 61.5 Å². The molecule has 29 heavy (non-hydrogen) atoms. The summed E-state index contributed by atoms with van der Waals surface area (Å²) in [7, 11) is 0. The largest absolute Gasteiger partial charge is 0.492 e. The molecule has 1 aliphatic heterocycles. The summed E-state index contributed by atoms with van der Waals surface area (Å²) in [6.45, 7) is 5.03. The van der Waals surface area contributed by atoms with Crippen LogP contribution in [0.5, 0.6) is 5.75 Å². The molecule has 4 aromatic carbocycles. The Kier molecular flexibility index (Phi) is 3.48. The molecule has 1 aromatic heterocycles. The van der Waals surface area contributed by atoms with Gasteiger partial charge in [-0.25, -0.2) is 4.98 Å². The summed E-state index contributed by atoms with van der Waals surface area (Å²) in [6, 6.07) is 21.2. The number of benzene rings is 4. The van der Waals surface area contributed by atoms with E-state index in [0.29, 0.717) is 18.9 Å². The monoisotopic (exact) mass is 379 g/mol. The minimum Gasteiger partial charge on any atom is -0.492 e. The van der Waals surface area contributed by atoms with Crippen molar-refractivity contribution in [2.24, 2.45) is 0 Å². The molecule has 0 saturated carbocycles. The van der Waals surface area contributed by atoms with Crippen LogP contribution in [0.1, 0.15) is 35.4 Å². The van der Waals surface area contributed by atoms with E-state index in [1.165, 1.54) is 21.9 Å². The van der Waals surface area contributed by atoms with Crippen LogP contribution < -0.4 is 4.74 Å². The molecule has 0 radical (unpaired) electrons. The molecule has 0 spiro atoms. The number of hydrogen-bond acceptors (Lipinski definition) is 3. The molecule has 6 rings (SSSR count). The van der Waals surface area contributed by atoms with Crippen LogP contribution in [0.2, 0.25) is 0 Å². The van der Waals surface area contributed by atoms with Gasteiger partial charge in [-0.3, -0.25) is 0 Å². The molecule has 0 saturated heterocycles. The Labute approximate surface area is 168 Å². The van der Waals surface area contributed by atoms with E-state index in [1.54, 1.807) is 0 Å². The Morgan fingerprint density at radius 1 is 0.931 bits per heavy atom. The van der Waals surface area contributed by atoms with E-state index in [4.69, 9.17) is 14.1 Å². The van der Waals surface area contributed by atoms with E-state index < -0.39 is 0 Å². The van der Waals surface area contributed by atoms with Crippen molar-refractivity contribution in [3.8, 4) is 5.75 Å². The molecule has 0 unspecified atom stereocenters. The first-order chi connectivity index (χ1) is 14.2. The van der Waals surface area contributed by atoms with E-state index in [-0.39, 0.29) is 0 Å². The average Bonchev–Trinajstić information content (AvgIpc) is 3.32. The van der Waals surface area contributed by atoms with E-state index in [1.807, 2.05) is 6.07 Å². The number of rotatable bonds is 2. The van der Waals surface area contributed by atoms with Gasteiger partial charge in [0.1, 0.15) is 11.3 Å². The summed E-state index contributed by atoms with van der Waals surface area (Å²) in [5, 5.41) is 4.73. The van der Waals surface area contributed by atoms with E-state index >= 15 is 0 Å². The number of aryl methyl sites for hydroxylation is 1. The molecule has 2 heterocycles. The van der Waals surface area contributed by atoms with Gasteiger partial charge in [0.15, 0.2) is 11.5 Å². The third-order valence-corrected chi connectivity index (χ3v) is 6.09. The summed E-state index contributed by atoms with van der Waals surface area (Å²) < 4.78 is 12.5. The van der Waals surface area contributed by atoms with Crippen LogP contribution in [0.25, 0.3) is 32.6 Å². The Balaban J connectivity index is 1.72. The molecule has 3 nitrogen and oxygen atoms in total. The number of ether oxygens (including phenoxy) is 1. The fourth-order valence-corrected chi connectivity index (χ4v) is 4.66. The first kappa shape index (κ1) is 16.6. The van der Waals surface area contributed by atoms with E-state index in [9.17, 15) is 0 Å². The molecule has 0 aliphatic carbocycles. The molecule has 142 valence electrons. The van der Waals surface area contributed by atoms with Crippen molar-refractivity contribution in [1.29, 1.82) is 0 Å². The van der Waals surface area contributed by atoms with Gasteiger partial charge >= 0.3 is 0 Å². The molecular weight excluding hydrogens is 358 g/mol. The maximum atomic E-state index is 6.38. The minimum absolute atomic E-state index is 0.294. The number of aromatic nitrogens is 1. The molecule has 3 heteroatoms. The lowest BCUT2D eigenvalue weighted by Gasteiger charge is -2.11. The maximum absolute atomic E-state index is 6.38. The predicted molar refractivity (Wildman–Crippen MR) is 117 cm³/mol. The van der Waals surface area contributed by atoms with Crippen molar-refractivity contribution in [2.75, 3.05) is 6.61 Å². The maximum Gasteiger partial charge on any atom is 0.199 e. The summed E-state index contributed by atoms with van der Waals surface area (Å²) in [5.74, 6) is 2.01. The fourth-order valence-electron chi connectivity index (χ4n) is 4.66. The van der Waals surface area contributed by atoms with Gasteiger partial charge in [0.2, 0.25) is 0 Å². The van der Waals surface area contributed by atoms with Crippen molar-refractivity contribution in [3.63, 3.8) is 0 Å². The van der Waals surface area contributed by atoms with Crippen LogP contribution in [0.3, 0.4) is 0 Å². The van der Waals surface area contributed by atoms with Crippen LogP contribution in [0, 0.1) is 6.92 Å². The topological polar surface area (TPSA) is 35.3 Å². The van der Waals surface area contributed by atoms with Crippen LogP contribution in [0.4, 0.5) is 0 Å². The van der Waals surface area contributed by atoms with Crippen LogP contribution in [0.15, 0.2) is 65.1 Å². The Hall–Kier alpha value is -3.33. The van der Waals surface area contributed by atoms with Crippen molar-refractivity contribution in [3.05, 3.63) is 83.2 Å². The summed E-state index contributed by atoms with van der Waals surface area (Å²) in [4.78, 5) is 5.01. The summed E-state index contributed by atoms with van der Waals surface area (Å²) in [6.07, 6.45) is 0.685.